The number of rotatable bonds is 9. The number of ether oxygens (including phenoxy) is 3. The zero-order valence-electron chi connectivity index (χ0n) is 14.4. The third kappa shape index (κ3) is 6.19. The number of anilines is 1. The molecule has 134 valence electrons. The van der Waals surface area contributed by atoms with Crippen molar-refractivity contribution in [2.45, 2.75) is 20.3 Å². The van der Waals surface area contributed by atoms with Gasteiger partial charge in [0, 0.05) is 11.1 Å². The molecule has 0 aliphatic heterocycles. The Balaban J connectivity index is 1.91. The third-order valence-electron chi connectivity index (χ3n) is 3.25. The van der Waals surface area contributed by atoms with Gasteiger partial charge in [-0.3, -0.25) is 4.79 Å². The standard InChI is InChI=1S/C19H22ClNO4/c1-3-23-16-9-10-18(24-4-2)17(13-16)21-19(22)11-12-25-15-7-5-14(20)6-8-15/h5-10,13H,3-4,11-12H2,1-2H3,(H,21,22). The van der Waals surface area contributed by atoms with Crippen LogP contribution in [0.4, 0.5) is 5.69 Å². The second kappa shape index (κ2) is 9.79. The zero-order chi connectivity index (χ0) is 18.1. The molecule has 0 unspecified atom stereocenters. The molecule has 0 heterocycles. The lowest BCUT2D eigenvalue weighted by atomic mass is 10.2. The van der Waals surface area contributed by atoms with Gasteiger partial charge in [-0.15, -0.1) is 0 Å². The smallest absolute Gasteiger partial charge is 0.227 e. The van der Waals surface area contributed by atoms with Crippen molar-refractivity contribution in [2.24, 2.45) is 0 Å². The molecule has 0 spiro atoms. The zero-order valence-corrected chi connectivity index (χ0v) is 15.1. The molecular formula is C19H22ClNO4. The molecule has 0 fully saturated rings. The van der Waals surface area contributed by atoms with Crippen LogP contribution in [0.5, 0.6) is 17.2 Å². The van der Waals surface area contributed by atoms with Gasteiger partial charge in [0.1, 0.15) is 17.2 Å². The fourth-order valence-corrected chi connectivity index (χ4v) is 2.28. The molecule has 0 atom stereocenters. The van der Waals surface area contributed by atoms with Gasteiger partial charge in [-0.05, 0) is 50.2 Å². The van der Waals surface area contributed by atoms with E-state index in [2.05, 4.69) is 5.32 Å². The summed E-state index contributed by atoms with van der Waals surface area (Å²) in [5.41, 5.74) is 0.587. The molecule has 0 saturated heterocycles. The molecule has 0 aromatic heterocycles. The highest BCUT2D eigenvalue weighted by molar-refractivity contribution is 6.30. The molecule has 0 radical (unpaired) electrons. The Morgan fingerprint density at radius 3 is 2.32 bits per heavy atom. The van der Waals surface area contributed by atoms with E-state index in [-0.39, 0.29) is 18.9 Å². The minimum atomic E-state index is -0.163. The Morgan fingerprint density at radius 2 is 1.64 bits per heavy atom. The fourth-order valence-electron chi connectivity index (χ4n) is 2.15. The monoisotopic (exact) mass is 363 g/mol. The van der Waals surface area contributed by atoms with E-state index in [1.54, 1.807) is 36.4 Å². The Labute approximate surface area is 152 Å². The topological polar surface area (TPSA) is 56.8 Å². The van der Waals surface area contributed by atoms with Gasteiger partial charge in [-0.25, -0.2) is 0 Å². The summed E-state index contributed by atoms with van der Waals surface area (Å²) in [7, 11) is 0. The van der Waals surface area contributed by atoms with E-state index in [9.17, 15) is 4.79 Å². The Morgan fingerprint density at radius 1 is 0.960 bits per heavy atom. The normalized spacial score (nSPS) is 10.2. The molecule has 5 nitrogen and oxygen atoms in total. The Hall–Kier alpha value is -2.40. The summed E-state index contributed by atoms with van der Waals surface area (Å²) in [6, 6.07) is 12.4. The average molecular weight is 364 g/mol. The Bertz CT molecular complexity index is 688. The maximum absolute atomic E-state index is 12.2. The van der Waals surface area contributed by atoms with Crippen molar-refractivity contribution >= 4 is 23.2 Å². The van der Waals surface area contributed by atoms with Gasteiger partial charge < -0.3 is 19.5 Å². The van der Waals surface area contributed by atoms with E-state index < -0.39 is 0 Å². The second-order valence-corrected chi connectivity index (χ2v) is 5.56. The first-order chi connectivity index (χ1) is 12.1. The van der Waals surface area contributed by atoms with Crippen LogP contribution in [0.2, 0.25) is 5.02 Å². The van der Waals surface area contributed by atoms with Gasteiger partial charge in [-0.1, -0.05) is 11.6 Å². The number of hydrogen-bond donors (Lipinski definition) is 1. The van der Waals surface area contributed by atoms with E-state index in [0.717, 1.165) is 0 Å². The largest absolute Gasteiger partial charge is 0.494 e. The molecule has 2 rings (SSSR count). The van der Waals surface area contributed by atoms with E-state index >= 15 is 0 Å². The van der Waals surface area contributed by atoms with Crippen molar-refractivity contribution in [1.29, 1.82) is 0 Å². The first-order valence-corrected chi connectivity index (χ1v) is 8.58. The third-order valence-corrected chi connectivity index (χ3v) is 3.50. The van der Waals surface area contributed by atoms with E-state index in [1.165, 1.54) is 0 Å². The lowest BCUT2D eigenvalue weighted by Crippen LogP contribution is -2.16. The van der Waals surface area contributed by atoms with Crippen molar-refractivity contribution in [3.05, 3.63) is 47.5 Å². The van der Waals surface area contributed by atoms with Gasteiger partial charge in [0.15, 0.2) is 0 Å². The van der Waals surface area contributed by atoms with Crippen LogP contribution in [-0.4, -0.2) is 25.7 Å². The summed E-state index contributed by atoms with van der Waals surface area (Å²) in [5.74, 6) is 1.80. The number of halogens is 1. The number of carbonyl (C=O) groups is 1. The van der Waals surface area contributed by atoms with Gasteiger partial charge in [0.25, 0.3) is 0 Å². The van der Waals surface area contributed by atoms with E-state index in [1.807, 2.05) is 19.9 Å². The van der Waals surface area contributed by atoms with Crippen molar-refractivity contribution in [1.82, 2.24) is 0 Å². The van der Waals surface area contributed by atoms with Crippen LogP contribution in [0, 0.1) is 0 Å². The minimum Gasteiger partial charge on any atom is -0.494 e. The van der Waals surface area contributed by atoms with Gasteiger partial charge in [0.2, 0.25) is 5.91 Å². The van der Waals surface area contributed by atoms with Crippen molar-refractivity contribution in [3.8, 4) is 17.2 Å². The van der Waals surface area contributed by atoms with Crippen LogP contribution in [0.3, 0.4) is 0 Å². The van der Waals surface area contributed by atoms with Crippen molar-refractivity contribution in [2.75, 3.05) is 25.1 Å². The van der Waals surface area contributed by atoms with E-state index in [4.69, 9.17) is 25.8 Å². The van der Waals surface area contributed by atoms with Crippen LogP contribution < -0.4 is 19.5 Å². The molecule has 1 N–H and O–H groups in total. The lowest BCUT2D eigenvalue weighted by molar-refractivity contribution is -0.116. The molecule has 0 aliphatic rings. The van der Waals surface area contributed by atoms with Gasteiger partial charge in [0.05, 0.1) is 31.9 Å². The molecule has 1 amide bonds. The summed E-state index contributed by atoms with van der Waals surface area (Å²) < 4.78 is 16.5. The highest BCUT2D eigenvalue weighted by Gasteiger charge is 2.10. The van der Waals surface area contributed by atoms with Gasteiger partial charge in [-0.2, -0.15) is 0 Å². The molecule has 0 bridgehead atoms. The molecule has 2 aromatic rings. The molecule has 6 heteroatoms. The maximum atomic E-state index is 12.2. The van der Waals surface area contributed by atoms with Crippen LogP contribution in [0.1, 0.15) is 20.3 Å². The molecular weight excluding hydrogens is 342 g/mol. The molecule has 0 aliphatic carbocycles. The summed E-state index contributed by atoms with van der Waals surface area (Å²) >= 11 is 5.82. The van der Waals surface area contributed by atoms with Crippen molar-refractivity contribution in [3.63, 3.8) is 0 Å². The lowest BCUT2D eigenvalue weighted by Gasteiger charge is -2.13. The number of amides is 1. The fraction of sp³-hybridized carbons (Fsp3) is 0.316. The summed E-state index contributed by atoms with van der Waals surface area (Å²) in [6.45, 7) is 5.13. The summed E-state index contributed by atoms with van der Waals surface area (Å²) in [4.78, 5) is 12.2. The van der Waals surface area contributed by atoms with Gasteiger partial charge >= 0.3 is 0 Å². The number of carbonyl (C=O) groups excluding carboxylic acids is 1. The van der Waals surface area contributed by atoms with Crippen LogP contribution >= 0.6 is 11.6 Å². The predicted molar refractivity (Wildman–Crippen MR) is 99.0 cm³/mol. The molecule has 2 aromatic carbocycles. The maximum Gasteiger partial charge on any atom is 0.227 e. The van der Waals surface area contributed by atoms with Crippen LogP contribution in [0.25, 0.3) is 0 Å². The summed E-state index contributed by atoms with van der Waals surface area (Å²) in [5, 5.41) is 3.49. The first-order valence-electron chi connectivity index (χ1n) is 8.20. The molecule has 25 heavy (non-hydrogen) atoms. The van der Waals surface area contributed by atoms with E-state index in [0.29, 0.717) is 41.2 Å². The highest BCUT2D eigenvalue weighted by atomic mass is 35.5. The first kappa shape index (κ1) is 18.9. The Kier molecular flexibility index (Phi) is 7.41. The van der Waals surface area contributed by atoms with Crippen LogP contribution in [0.15, 0.2) is 42.5 Å². The number of nitrogens with one attached hydrogen (secondary N) is 1. The molecule has 0 saturated carbocycles. The quantitative estimate of drug-likeness (QED) is 0.710. The number of hydrogen-bond acceptors (Lipinski definition) is 4. The second-order valence-electron chi connectivity index (χ2n) is 5.12. The van der Waals surface area contributed by atoms with Crippen molar-refractivity contribution < 1.29 is 19.0 Å². The highest BCUT2D eigenvalue weighted by Crippen LogP contribution is 2.29. The predicted octanol–water partition coefficient (Wildman–Crippen LogP) is 4.55. The summed E-state index contributed by atoms with van der Waals surface area (Å²) in [6.07, 6.45) is 0.215. The average Bonchev–Trinajstić information content (AvgIpc) is 2.59. The van der Waals surface area contributed by atoms with Crippen LogP contribution in [-0.2, 0) is 4.79 Å². The SMILES string of the molecule is CCOc1ccc(OCC)c(NC(=O)CCOc2ccc(Cl)cc2)c1. The number of benzene rings is 2. The minimum absolute atomic E-state index is 0.163.